The largest absolute Gasteiger partial charge is 0.379 e. The van der Waals surface area contributed by atoms with Crippen molar-refractivity contribution in [1.29, 1.82) is 0 Å². The van der Waals surface area contributed by atoms with Crippen molar-refractivity contribution in [2.45, 2.75) is 0 Å². The number of hydrogen-bond acceptors (Lipinski definition) is 4. The molecule has 7 nitrogen and oxygen atoms in total. The van der Waals surface area contributed by atoms with E-state index < -0.39 is 0 Å². The lowest BCUT2D eigenvalue weighted by molar-refractivity contribution is 0.0393. The third-order valence-corrected chi connectivity index (χ3v) is 6.09. The van der Waals surface area contributed by atoms with E-state index in [4.69, 9.17) is 27.9 Å². The predicted octanol–water partition coefficient (Wildman–Crippen LogP) is 5.62. The van der Waals surface area contributed by atoms with E-state index in [1.807, 2.05) is 0 Å². The van der Waals surface area contributed by atoms with Crippen LogP contribution in [0.2, 0.25) is 10.0 Å². The number of nitrogens with one attached hydrogen (secondary N) is 2. The van der Waals surface area contributed by atoms with Crippen LogP contribution in [0.1, 0.15) is 10.4 Å². The lowest BCUT2D eigenvalue weighted by Gasteiger charge is -2.30. The number of ether oxygens (including phenoxy) is 1. The third kappa shape index (κ3) is 7.19. The molecule has 1 aliphatic heterocycles. The van der Waals surface area contributed by atoms with E-state index in [0.29, 0.717) is 59.0 Å². The molecular formula is C26H26Cl2N4O3. The second-order valence-electron chi connectivity index (χ2n) is 8.05. The highest BCUT2D eigenvalue weighted by Crippen LogP contribution is 2.21. The molecule has 0 aromatic heterocycles. The van der Waals surface area contributed by atoms with E-state index in [0.717, 1.165) is 13.1 Å². The number of anilines is 3. The monoisotopic (exact) mass is 512 g/mol. The number of urea groups is 1. The minimum Gasteiger partial charge on any atom is -0.379 e. The molecule has 1 fully saturated rings. The summed E-state index contributed by atoms with van der Waals surface area (Å²) in [6.45, 7) is 4.22. The van der Waals surface area contributed by atoms with Gasteiger partial charge in [-0.15, -0.1) is 0 Å². The second-order valence-corrected chi connectivity index (χ2v) is 8.93. The Labute approximate surface area is 214 Å². The van der Waals surface area contributed by atoms with Gasteiger partial charge in [-0.3, -0.25) is 14.6 Å². The zero-order valence-corrected chi connectivity index (χ0v) is 20.6. The Morgan fingerprint density at radius 3 is 2.26 bits per heavy atom. The van der Waals surface area contributed by atoms with Gasteiger partial charge in [0.15, 0.2) is 0 Å². The maximum Gasteiger partial charge on any atom is 0.326 e. The standard InChI is InChI=1S/C26H26Cl2N4O3/c27-20-6-8-22(9-7-20)30-26(34)32(13-12-31-14-16-35-17-15-31)24-10-4-19(5-11-24)25(33)29-23-3-1-2-21(28)18-23/h1-11,18H,12-17H2,(H,29,33)(H,30,34). The molecule has 3 amide bonds. The molecule has 4 rings (SSSR count). The first-order chi connectivity index (χ1) is 17.0. The summed E-state index contributed by atoms with van der Waals surface area (Å²) in [7, 11) is 0. The van der Waals surface area contributed by atoms with Crippen molar-refractivity contribution in [1.82, 2.24) is 4.90 Å². The van der Waals surface area contributed by atoms with E-state index >= 15 is 0 Å². The first-order valence-corrected chi connectivity index (χ1v) is 12.0. The van der Waals surface area contributed by atoms with Gasteiger partial charge in [0, 0.05) is 58.8 Å². The molecule has 0 unspecified atom stereocenters. The van der Waals surface area contributed by atoms with Gasteiger partial charge in [0.2, 0.25) is 0 Å². The van der Waals surface area contributed by atoms with Gasteiger partial charge < -0.3 is 15.4 Å². The Hall–Kier alpha value is -3.10. The lowest BCUT2D eigenvalue weighted by atomic mass is 10.1. The SMILES string of the molecule is O=C(Nc1cccc(Cl)c1)c1ccc(N(CCN2CCOCC2)C(=O)Nc2ccc(Cl)cc2)cc1. The first-order valence-electron chi connectivity index (χ1n) is 11.3. The third-order valence-electron chi connectivity index (χ3n) is 5.61. The summed E-state index contributed by atoms with van der Waals surface area (Å²) in [6, 6.07) is 20.6. The van der Waals surface area contributed by atoms with Gasteiger partial charge in [-0.05, 0) is 66.7 Å². The van der Waals surface area contributed by atoms with Crippen molar-refractivity contribution in [3.05, 3.63) is 88.4 Å². The minimum atomic E-state index is -0.267. The Balaban J connectivity index is 1.48. The summed E-state index contributed by atoms with van der Waals surface area (Å²) in [6.07, 6.45) is 0. The summed E-state index contributed by atoms with van der Waals surface area (Å²) < 4.78 is 5.42. The fourth-order valence-electron chi connectivity index (χ4n) is 3.70. The highest BCUT2D eigenvalue weighted by Gasteiger charge is 2.19. The molecule has 9 heteroatoms. The van der Waals surface area contributed by atoms with Gasteiger partial charge in [-0.25, -0.2) is 4.79 Å². The molecule has 0 radical (unpaired) electrons. The van der Waals surface area contributed by atoms with Crippen LogP contribution < -0.4 is 15.5 Å². The van der Waals surface area contributed by atoms with Crippen LogP contribution in [0.3, 0.4) is 0 Å². The van der Waals surface area contributed by atoms with Crippen LogP contribution in [0.25, 0.3) is 0 Å². The molecule has 0 aliphatic carbocycles. The Morgan fingerprint density at radius 1 is 0.857 bits per heavy atom. The van der Waals surface area contributed by atoms with Gasteiger partial charge in [0.05, 0.1) is 13.2 Å². The summed E-state index contributed by atoms with van der Waals surface area (Å²) in [5.41, 5.74) is 2.42. The van der Waals surface area contributed by atoms with E-state index in [9.17, 15) is 9.59 Å². The molecule has 0 atom stereocenters. The van der Waals surface area contributed by atoms with Crippen molar-refractivity contribution in [3.63, 3.8) is 0 Å². The molecule has 182 valence electrons. The van der Waals surface area contributed by atoms with Crippen molar-refractivity contribution >= 4 is 52.2 Å². The molecule has 0 saturated carbocycles. The average Bonchev–Trinajstić information content (AvgIpc) is 2.86. The van der Waals surface area contributed by atoms with E-state index in [2.05, 4.69) is 15.5 Å². The number of benzene rings is 3. The van der Waals surface area contributed by atoms with Gasteiger partial charge in [0.25, 0.3) is 5.91 Å². The van der Waals surface area contributed by atoms with Gasteiger partial charge in [0.1, 0.15) is 0 Å². The molecule has 0 bridgehead atoms. The molecule has 0 spiro atoms. The number of halogens is 2. The molecule has 1 aliphatic rings. The number of carbonyl (C=O) groups excluding carboxylic acids is 2. The molecule has 2 N–H and O–H groups in total. The highest BCUT2D eigenvalue weighted by atomic mass is 35.5. The fourth-order valence-corrected chi connectivity index (χ4v) is 4.02. The highest BCUT2D eigenvalue weighted by molar-refractivity contribution is 6.31. The summed E-state index contributed by atoms with van der Waals surface area (Å²) in [5, 5.41) is 6.89. The van der Waals surface area contributed by atoms with Crippen molar-refractivity contribution in [2.24, 2.45) is 0 Å². The molecule has 35 heavy (non-hydrogen) atoms. The van der Waals surface area contributed by atoms with E-state index in [1.54, 1.807) is 77.7 Å². The van der Waals surface area contributed by atoms with E-state index in [1.165, 1.54) is 0 Å². The quantitative estimate of drug-likeness (QED) is 0.431. The van der Waals surface area contributed by atoms with Gasteiger partial charge >= 0.3 is 6.03 Å². The molecule has 3 aromatic rings. The Kier molecular flexibility index (Phi) is 8.60. The molecule has 3 aromatic carbocycles. The van der Waals surface area contributed by atoms with Crippen molar-refractivity contribution < 1.29 is 14.3 Å². The molecular weight excluding hydrogens is 487 g/mol. The maximum absolute atomic E-state index is 13.2. The van der Waals surface area contributed by atoms with Crippen LogP contribution in [0, 0.1) is 0 Å². The number of hydrogen-bond donors (Lipinski definition) is 2. The van der Waals surface area contributed by atoms with Gasteiger partial charge in [-0.1, -0.05) is 29.3 Å². The molecule has 1 heterocycles. The van der Waals surface area contributed by atoms with Crippen LogP contribution in [0.15, 0.2) is 72.8 Å². The van der Waals surface area contributed by atoms with Crippen LogP contribution in [0.4, 0.5) is 21.9 Å². The molecule has 1 saturated heterocycles. The summed E-state index contributed by atoms with van der Waals surface area (Å²) in [4.78, 5) is 29.8. The topological polar surface area (TPSA) is 73.9 Å². The normalized spacial score (nSPS) is 13.8. The number of carbonyl (C=O) groups is 2. The van der Waals surface area contributed by atoms with Crippen molar-refractivity contribution in [3.8, 4) is 0 Å². The predicted molar refractivity (Wildman–Crippen MR) is 141 cm³/mol. The lowest BCUT2D eigenvalue weighted by Crippen LogP contribution is -2.44. The Bertz CT molecular complexity index is 1150. The number of rotatable bonds is 7. The Morgan fingerprint density at radius 2 is 1.57 bits per heavy atom. The zero-order valence-electron chi connectivity index (χ0n) is 19.0. The van der Waals surface area contributed by atoms with Crippen LogP contribution in [0.5, 0.6) is 0 Å². The fraction of sp³-hybridized carbons (Fsp3) is 0.231. The smallest absolute Gasteiger partial charge is 0.326 e. The van der Waals surface area contributed by atoms with Crippen molar-refractivity contribution in [2.75, 3.05) is 54.9 Å². The number of nitrogens with zero attached hydrogens (tertiary/aromatic N) is 2. The van der Waals surface area contributed by atoms with Crippen LogP contribution in [-0.2, 0) is 4.74 Å². The number of morpholine rings is 1. The first kappa shape index (κ1) is 25.0. The summed E-state index contributed by atoms with van der Waals surface area (Å²) >= 11 is 12.0. The zero-order chi connectivity index (χ0) is 24.6. The van der Waals surface area contributed by atoms with Crippen LogP contribution in [-0.4, -0.2) is 56.2 Å². The minimum absolute atomic E-state index is 0.260. The van der Waals surface area contributed by atoms with Gasteiger partial charge in [-0.2, -0.15) is 0 Å². The number of amides is 3. The maximum atomic E-state index is 13.2. The summed E-state index contributed by atoms with van der Waals surface area (Å²) in [5.74, 6) is -0.260. The van der Waals surface area contributed by atoms with Crippen LogP contribution >= 0.6 is 23.2 Å². The van der Waals surface area contributed by atoms with E-state index in [-0.39, 0.29) is 11.9 Å². The second kappa shape index (κ2) is 12.0. The average molecular weight is 513 g/mol.